The van der Waals surface area contributed by atoms with Gasteiger partial charge in [0, 0.05) is 30.9 Å². The molecule has 0 spiro atoms. The molecule has 0 fully saturated rings. The van der Waals surface area contributed by atoms with Crippen LogP contribution < -0.4 is 4.90 Å². The number of carbonyl (C=O) groups is 2. The Balaban J connectivity index is 2.86. The van der Waals surface area contributed by atoms with E-state index in [1.807, 2.05) is 18.7 Å². The molecule has 0 aromatic carbocycles. The molecule has 1 rings (SSSR count). The lowest BCUT2D eigenvalue weighted by Gasteiger charge is -2.29. The Kier molecular flexibility index (Phi) is 5.96. The molecule has 0 radical (unpaired) electrons. The number of ether oxygens (including phenoxy) is 1. The number of hydrogen-bond acceptors (Lipinski definition) is 5. The van der Waals surface area contributed by atoms with Crippen LogP contribution in [0.25, 0.3) is 0 Å². The maximum absolute atomic E-state index is 11.5. The summed E-state index contributed by atoms with van der Waals surface area (Å²) in [6, 6.07) is 3.65. The van der Waals surface area contributed by atoms with E-state index in [4.69, 9.17) is 5.11 Å². The molecule has 0 aliphatic rings. The Bertz CT molecular complexity index is 474. The van der Waals surface area contributed by atoms with Crippen molar-refractivity contribution >= 4 is 17.6 Å². The molecule has 0 aliphatic carbocycles. The number of aliphatic carboxylic acids is 1. The van der Waals surface area contributed by atoms with Gasteiger partial charge < -0.3 is 14.7 Å². The number of carboxylic acid groups (broad SMARTS) is 1. The van der Waals surface area contributed by atoms with Crippen molar-refractivity contribution in [2.45, 2.75) is 32.7 Å². The molecule has 0 atom stereocenters. The lowest BCUT2D eigenvalue weighted by atomic mass is 10.2. The molecule has 0 amide bonds. The van der Waals surface area contributed by atoms with E-state index in [0.717, 1.165) is 5.69 Å². The highest BCUT2D eigenvalue weighted by molar-refractivity contribution is 5.88. The van der Waals surface area contributed by atoms with Crippen LogP contribution in [0.3, 0.4) is 0 Å². The second kappa shape index (κ2) is 7.47. The number of pyridine rings is 1. The maximum atomic E-state index is 11.5. The standard InChI is InChI=1S/C14H20N2O4/c1-10(2)16(8-4-5-13(17)18)11-6-7-15-12(9-11)14(19)20-3/h6-7,9-10H,4-5,8H2,1-3H3,(H,17,18). The summed E-state index contributed by atoms with van der Waals surface area (Å²) < 4.78 is 4.65. The molecule has 6 heteroatoms. The molecular formula is C14H20N2O4. The molecule has 0 bridgehead atoms. The van der Waals surface area contributed by atoms with Crippen molar-refractivity contribution in [2.24, 2.45) is 0 Å². The Morgan fingerprint density at radius 1 is 1.45 bits per heavy atom. The molecule has 20 heavy (non-hydrogen) atoms. The largest absolute Gasteiger partial charge is 0.481 e. The minimum Gasteiger partial charge on any atom is -0.481 e. The topological polar surface area (TPSA) is 79.7 Å². The fourth-order valence-electron chi connectivity index (χ4n) is 1.90. The summed E-state index contributed by atoms with van der Waals surface area (Å²) in [5, 5.41) is 8.69. The van der Waals surface area contributed by atoms with Gasteiger partial charge in [-0.1, -0.05) is 0 Å². The molecule has 0 aliphatic heterocycles. The molecule has 6 nitrogen and oxygen atoms in total. The number of rotatable bonds is 7. The van der Waals surface area contributed by atoms with E-state index >= 15 is 0 Å². The fourth-order valence-corrected chi connectivity index (χ4v) is 1.90. The average Bonchev–Trinajstić information content (AvgIpc) is 2.42. The van der Waals surface area contributed by atoms with Gasteiger partial charge in [-0.2, -0.15) is 0 Å². The monoisotopic (exact) mass is 280 g/mol. The van der Waals surface area contributed by atoms with E-state index in [2.05, 4.69) is 9.72 Å². The molecule has 1 aromatic heterocycles. The van der Waals surface area contributed by atoms with E-state index in [9.17, 15) is 9.59 Å². The lowest BCUT2D eigenvalue weighted by molar-refractivity contribution is -0.137. The van der Waals surface area contributed by atoms with Gasteiger partial charge in [0.2, 0.25) is 0 Å². The van der Waals surface area contributed by atoms with Crippen molar-refractivity contribution in [3.05, 3.63) is 24.0 Å². The number of hydrogen-bond donors (Lipinski definition) is 1. The van der Waals surface area contributed by atoms with E-state index in [-0.39, 0.29) is 18.2 Å². The van der Waals surface area contributed by atoms with Crippen molar-refractivity contribution < 1.29 is 19.4 Å². The van der Waals surface area contributed by atoms with Gasteiger partial charge in [0.15, 0.2) is 0 Å². The third kappa shape index (κ3) is 4.53. The average molecular weight is 280 g/mol. The van der Waals surface area contributed by atoms with Gasteiger partial charge in [-0.15, -0.1) is 0 Å². The third-order valence-corrected chi connectivity index (χ3v) is 2.88. The highest BCUT2D eigenvalue weighted by atomic mass is 16.5. The predicted molar refractivity (Wildman–Crippen MR) is 74.9 cm³/mol. The summed E-state index contributed by atoms with van der Waals surface area (Å²) in [5.41, 5.74) is 1.08. The van der Waals surface area contributed by atoms with E-state index in [1.165, 1.54) is 7.11 Å². The van der Waals surface area contributed by atoms with Crippen molar-refractivity contribution in [1.82, 2.24) is 4.98 Å². The molecule has 0 saturated carbocycles. The number of methoxy groups -OCH3 is 1. The molecular weight excluding hydrogens is 260 g/mol. The molecule has 1 heterocycles. The van der Waals surface area contributed by atoms with Crippen LogP contribution in [0.2, 0.25) is 0 Å². The maximum Gasteiger partial charge on any atom is 0.356 e. The first kappa shape index (κ1) is 15.9. The number of carboxylic acids is 1. The normalized spacial score (nSPS) is 10.4. The molecule has 1 N–H and O–H groups in total. The summed E-state index contributed by atoms with van der Waals surface area (Å²) in [4.78, 5) is 28.1. The quantitative estimate of drug-likeness (QED) is 0.769. The number of carbonyl (C=O) groups excluding carboxylic acids is 1. The second-order valence-corrected chi connectivity index (χ2v) is 4.68. The Labute approximate surface area is 118 Å². The van der Waals surface area contributed by atoms with Gasteiger partial charge in [0.1, 0.15) is 5.69 Å². The van der Waals surface area contributed by atoms with Crippen LogP contribution >= 0.6 is 0 Å². The smallest absolute Gasteiger partial charge is 0.356 e. The third-order valence-electron chi connectivity index (χ3n) is 2.88. The summed E-state index contributed by atoms with van der Waals surface area (Å²) >= 11 is 0. The zero-order chi connectivity index (χ0) is 15.1. The number of anilines is 1. The summed E-state index contributed by atoms with van der Waals surface area (Å²) in [7, 11) is 1.31. The van der Waals surface area contributed by atoms with Crippen molar-refractivity contribution in [2.75, 3.05) is 18.6 Å². The minimum absolute atomic E-state index is 0.123. The molecule has 110 valence electrons. The summed E-state index contributed by atoms with van der Waals surface area (Å²) in [5.74, 6) is -1.29. The molecule has 1 aromatic rings. The van der Waals surface area contributed by atoms with Crippen LogP contribution in [0.1, 0.15) is 37.2 Å². The van der Waals surface area contributed by atoms with E-state index in [0.29, 0.717) is 13.0 Å². The SMILES string of the molecule is COC(=O)c1cc(N(CCCC(=O)O)C(C)C)ccn1. The second-order valence-electron chi connectivity index (χ2n) is 4.68. The van der Waals surface area contributed by atoms with Gasteiger partial charge in [0.05, 0.1) is 7.11 Å². The Morgan fingerprint density at radius 2 is 2.15 bits per heavy atom. The van der Waals surface area contributed by atoms with Gasteiger partial charge >= 0.3 is 11.9 Å². The van der Waals surface area contributed by atoms with Gasteiger partial charge in [-0.05, 0) is 32.4 Å². The van der Waals surface area contributed by atoms with Crippen LogP contribution in [0, 0.1) is 0 Å². The summed E-state index contributed by atoms with van der Waals surface area (Å²) in [6.07, 6.45) is 2.22. The number of aromatic nitrogens is 1. The lowest BCUT2D eigenvalue weighted by Crippen LogP contribution is -2.32. The number of nitrogens with zero attached hydrogens (tertiary/aromatic N) is 2. The first-order valence-corrected chi connectivity index (χ1v) is 6.48. The van der Waals surface area contributed by atoms with Crippen molar-refractivity contribution in [3.8, 4) is 0 Å². The zero-order valence-electron chi connectivity index (χ0n) is 12.0. The van der Waals surface area contributed by atoms with Gasteiger partial charge in [0.25, 0.3) is 0 Å². The fraction of sp³-hybridized carbons (Fsp3) is 0.500. The summed E-state index contributed by atoms with van der Waals surface area (Å²) in [6.45, 7) is 4.63. The first-order chi connectivity index (χ1) is 9.45. The van der Waals surface area contributed by atoms with Crippen LogP contribution in [0.4, 0.5) is 5.69 Å². The Morgan fingerprint density at radius 3 is 2.70 bits per heavy atom. The Hall–Kier alpha value is -2.11. The highest BCUT2D eigenvalue weighted by Crippen LogP contribution is 2.18. The van der Waals surface area contributed by atoms with Gasteiger partial charge in [-0.3, -0.25) is 4.79 Å². The highest BCUT2D eigenvalue weighted by Gasteiger charge is 2.14. The molecule has 0 unspecified atom stereocenters. The van der Waals surface area contributed by atoms with Crippen LogP contribution in [0.5, 0.6) is 0 Å². The van der Waals surface area contributed by atoms with Gasteiger partial charge in [-0.25, -0.2) is 9.78 Å². The van der Waals surface area contributed by atoms with Crippen LogP contribution in [-0.2, 0) is 9.53 Å². The van der Waals surface area contributed by atoms with Crippen LogP contribution in [0.15, 0.2) is 18.3 Å². The molecule has 0 saturated heterocycles. The van der Waals surface area contributed by atoms with Crippen molar-refractivity contribution in [3.63, 3.8) is 0 Å². The number of esters is 1. The zero-order valence-corrected chi connectivity index (χ0v) is 12.0. The van der Waals surface area contributed by atoms with E-state index < -0.39 is 11.9 Å². The minimum atomic E-state index is -0.807. The first-order valence-electron chi connectivity index (χ1n) is 6.48. The van der Waals surface area contributed by atoms with E-state index in [1.54, 1.807) is 18.3 Å². The predicted octanol–water partition coefficient (Wildman–Crippen LogP) is 1.95. The van der Waals surface area contributed by atoms with Crippen molar-refractivity contribution in [1.29, 1.82) is 0 Å². The van der Waals surface area contributed by atoms with Crippen LogP contribution in [-0.4, -0.2) is 41.7 Å².